The second kappa shape index (κ2) is 19.1. The molecule has 20 heteroatoms. The van der Waals surface area contributed by atoms with E-state index in [1.807, 2.05) is 51.6 Å². The van der Waals surface area contributed by atoms with Gasteiger partial charge in [0.25, 0.3) is 0 Å². The fraction of sp³-hybridized carbons (Fsp3) is 0. The molecule has 0 fully saturated rings. The largest absolute Gasteiger partial charge is 0.311 e. The molecule has 0 atom stereocenters. The first-order valence-electron chi connectivity index (χ1n) is 25.2. The summed E-state index contributed by atoms with van der Waals surface area (Å²) in [7, 11) is 105. The van der Waals surface area contributed by atoms with Gasteiger partial charge in [0.2, 0.25) is 0 Å². The highest BCUT2D eigenvalue weighted by molar-refractivity contribution is 8.34. The third kappa shape index (κ3) is 7.12. The Balaban J connectivity index is 1.08. The SMILES string of the molecule is [B]c1c([B])c([B])c2c(c1[B])c1c([B])c([B])c([B])c([B])c1n2-c1cccc(S(c2ccccc2)(c2ccccc2)c2cccc(-n3c4ccccc4c4cc(-n5c6c([B])c([B])c([B])c([B])c6c6c([B])c([B])c([B])c([B])c65)ccc43)c2)c1. The van der Waals surface area contributed by atoms with Crippen molar-refractivity contribution in [1.82, 2.24) is 13.7 Å². The van der Waals surface area contributed by atoms with Crippen LogP contribution in [-0.2, 0) is 0 Å². The van der Waals surface area contributed by atoms with E-state index in [-0.39, 0.29) is 87.4 Å². The van der Waals surface area contributed by atoms with Crippen LogP contribution in [0.25, 0.3) is 82.5 Å². The Morgan fingerprint density at radius 2 is 0.537 bits per heavy atom. The number of hydrogen-bond donors (Lipinski definition) is 0. The zero-order valence-corrected chi connectivity index (χ0v) is 43.7. The first-order valence-corrected chi connectivity index (χ1v) is 26.9. The van der Waals surface area contributed by atoms with Gasteiger partial charge in [-0.2, -0.15) is 0 Å². The molecule has 13 aromatic rings. The zero-order chi connectivity index (χ0) is 56.1. The van der Waals surface area contributed by atoms with Gasteiger partial charge >= 0.3 is 0 Å². The normalized spacial score (nSPS) is 12.2. The van der Waals surface area contributed by atoms with Crippen molar-refractivity contribution >= 4 is 288 Å². The van der Waals surface area contributed by atoms with Crippen molar-refractivity contribution in [2.24, 2.45) is 0 Å². The van der Waals surface area contributed by atoms with Gasteiger partial charge in [0, 0.05) is 69.5 Å². The van der Waals surface area contributed by atoms with Crippen LogP contribution >= 0.6 is 10.0 Å². The molecule has 10 aromatic carbocycles. The van der Waals surface area contributed by atoms with Crippen LogP contribution in [0.4, 0.5) is 0 Å². The Morgan fingerprint density at radius 3 is 0.938 bits per heavy atom. The van der Waals surface area contributed by atoms with Crippen molar-refractivity contribution in [2.45, 2.75) is 19.6 Å². The quantitative estimate of drug-likeness (QED) is 0.152. The van der Waals surface area contributed by atoms with Crippen LogP contribution in [-0.4, -0.2) is 139 Å². The molecule has 0 N–H and O–H groups in total. The molecule has 0 amide bonds. The monoisotopic (exact) mass is 995 g/mol. The molecule has 0 saturated heterocycles. The summed E-state index contributed by atoms with van der Waals surface area (Å²) in [5, 5.41) is 3.69. The van der Waals surface area contributed by atoms with Crippen LogP contribution < -0.4 is 87.4 Å². The van der Waals surface area contributed by atoms with Crippen LogP contribution in [0.2, 0.25) is 0 Å². The molecular weight excluding hydrogens is 968 g/mol. The average Bonchev–Trinajstić information content (AvgIpc) is 4.35. The van der Waals surface area contributed by atoms with E-state index in [1.165, 1.54) is 0 Å². The molecule has 0 bridgehead atoms. The molecule has 80 heavy (non-hydrogen) atoms. The highest BCUT2D eigenvalue weighted by atomic mass is 32.3. The number of hydrogen-bond acceptors (Lipinski definition) is 0. The number of fused-ring (bicyclic) bond motifs is 9. The van der Waals surface area contributed by atoms with E-state index >= 15 is 0 Å². The molecule has 32 radical (unpaired) electrons. The van der Waals surface area contributed by atoms with Crippen molar-refractivity contribution in [3.8, 4) is 17.1 Å². The minimum atomic E-state index is -2.44. The maximum absolute atomic E-state index is 6.97. The standard InChI is InChI=1S/C60H25B16N3S/c61-41-37-38-42(62)46(66)50(70)54(74)58(38)78(57(37)53(73)49(69)45(41)65)27-12-10-18-32(24-27)80(29-13-3-1-4-14-29,30-15-5-2-6-16-30)31-17-9-11-26(23-31)77-35-20-8-7-19-33(35)34-25-28(21-22-36(34)77)79-59-39(43(63)47(67)51(71)55(59)75)40-44(64)48(68)52(72)56(76)60(40)79/h1-25H. The average molecular weight is 993 g/mol. The Morgan fingerprint density at radius 1 is 0.225 bits per heavy atom. The second-order valence-corrected chi connectivity index (χ2v) is 23.1. The maximum atomic E-state index is 6.97. The molecule has 13 rings (SSSR count). The van der Waals surface area contributed by atoms with E-state index in [4.69, 9.17) is 126 Å². The lowest BCUT2D eigenvalue weighted by atomic mass is 9.63. The summed E-state index contributed by atoms with van der Waals surface area (Å²) in [6, 6.07) is 52.3. The van der Waals surface area contributed by atoms with E-state index in [1.54, 1.807) is 0 Å². The molecule has 0 unspecified atom stereocenters. The number of rotatable bonds is 7. The Bertz CT molecular complexity index is 4670. The molecule has 0 spiro atoms. The Hall–Kier alpha value is -7.01. The maximum Gasteiger partial charge on any atom is 0.115 e. The summed E-state index contributed by atoms with van der Waals surface area (Å²) in [5.74, 6) is 0. The van der Waals surface area contributed by atoms with Crippen LogP contribution in [0.1, 0.15) is 0 Å². The number of aromatic nitrogens is 3. The number of nitrogens with zero attached hydrogens (tertiary/aromatic N) is 3. The Kier molecular flexibility index (Phi) is 12.5. The van der Waals surface area contributed by atoms with Gasteiger partial charge in [-0.05, 0) is 106 Å². The van der Waals surface area contributed by atoms with Crippen molar-refractivity contribution in [3.05, 3.63) is 152 Å². The summed E-state index contributed by atoms with van der Waals surface area (Å²) in [6.45, 7) is 0. The fourth-order valence-electron chi connectivity index (χ4n) is 12.0. The van der Waals surface area contributed by atoms with E-state index in [2.05, 4.69) is 114 Å². The van der Waals surface area contributed by atoms with Crippen LogP contribution in [0, 0.1) is 0 Å². The van der Waals surface area contributed by atoms with E-state index in [0.717, 1.165) is 47.1 Å². The highest BCUT2D eigenvalue weighted by Crippen LogP contribution is 2.73. The van der Waals surface area contributed by atoms with Crippen molar-refractivity contribution in [3.63, 3.8) is 0 Å². The van der Waals surface area contributed by atoms with Crippen molar-refractivity contribution < 1.29 is 0 Å². The number of benzene rings is 10. The third-order valence-electron chi connectivity index (χ3n) is 15.9. The van der Waals surface area contributed by atoms with E-state index < -0.39 is 10.0 Å². The van der Waals surface area contributed by atoms with E-state index in [9.17, 15) is 0 Å². The van der Waals surface area contributed by atoms with Crippen LogP contribution in [0.5, 0.6) is 0 Å². The first kappa shape index (κ1) is 52.4. The van der Waals surface area contributed by atoms with Crippen molar-refractivity contribution in [1.29, 1.82) is 0 Å². The summed E-state index contributed by atoms with van der Waals surface area (Å²) in [6.07, 6.45) is 0. The Labute approximate surface area is 487 Å². The summed E-state index contributed by atoms with van der Waals surface area (Å²) in [5.41, 5.74) is 8.27. The van der Waals surface area contributed by atoms with Crippen molar-refractivity contribution in [2.75, 3.05) is 0 Å². The lowest BCUT2D eigenvalue weighted by Gasteiger charge is -2.42. The van der Waals surface area contributed by atoms with Gasteiger partial charge in [0.05, 0.1) is 11.0 Å². The van der Waals surface area contributed by atoms with Gasteiger partial charge in [0.15, 0.2) is 0 Å². The van der Waals surface area contributed by atoms with Gasteiger partial charge in [-0.3, -0.25) is 0 Å². The predicted octanol–water partition coefficient (Wildman–Crippen LogP) is -2.98. The second-order valence-electron chi connectivity index (χ2n) is 20.0. The minimum absolute atomic E-state index is 0.110. The summed E-state index contributed by atoms with van der Waals surface area (Å²) < 4.78 is 6.05. The molecule has 0 aliphatic heterocycles. The molecule has 0 aliphatic rings. The fourth-order valence-corrected chi connectivity index (χ4v) is 15.9. The van der Waals surface area contributed by atoms with Gasteiger partial charge in [-0.15, -0.1) is 53.7 Å². The van der Waals surface area contributed by atoms with Crippen LogP contribution in [0.15, 0.2) is 171 Å². The molecule has 3 heterocycles. The predicted molar refractivity (Wildman–Crippen MR) is 356 cm³/mol. The van der Waals surface area contributed by atoms with Gasteiger partial charge in [-0.25, -0.2) is 0 Å². The first-order chi connectivity index (χ1) is 38.4. The summed E-state index contributed by atoms with van der Waals surface area (Å²) in [4.78, 5) is 4.11. The zero-order valence-electron chi connectivity index (χ0n) is 42.9. The molecule has 0 saturated carbocycles. The van der Waals surface area contributed by atoms with Crippen LogP contribution in [0.3, 0.4) is 0 Å². The number of para-hydroxylation sites is 1. The van der Waals surface area contributed by atoms with Gasteiger partial charge in [-0.1, -0.05) is 110 Å². The molecule has 3 aromatic heterocycles. The molecule has 334 valence electrons. The third-order valence-corrected chi connectivity index (χ3v) is 19.8. The molecule has 3 nitrogen and oxygen atoms in total. The highest BCUT2D eigenvalue weighted by Gasteiger charge is 2.35. The topological polar surface area (TPSA) is 14.8 Å². The van der Waals surface area contributed by atoms with E-state index in [0.29, 0.717) is 55.0 Å². The smallest absolute Gasteiger partial charge is 0.115 e. The molecule has 0 aliphatic carbocycles. The summed E-state index contributed by atoms with van der Waals surface area (Å²) >= 11 is 0. The lowest BCUT2D eigenvalue weighted by Crippen LogP contribution is -2.49. The van der Waals surface area contributed by atoms with Gasteiger partial charge in [0.1, 0.15) is 126 Å². The van der Waals surface area contributed by atoms with Gasteiger partial charge < -0.3 is 13.7 Å². The lowest BCUT2D eigenvalue weighted by molar-refractivity contribution is 1.14. The molecular formula is C60H25B16N3S. The minimum Gasteiger partial charge on any atom is -0.311 e.